The largest absolute Gasteiger partial charge is 0.381 e. The molecule has 2 unspecified atom stereocenters. The quantitative estimate of drug-likeness (QED) is 0.866. The zero-order valence-electron chi connectivity index (χ0n) is 13.1. The molecule has 0 bridgehead atoms. The van der Waals surface area contributed by atoms with Crippen molar-refractivity contribution in [1.82, 2.24) is 0 Å². The number of allylic oxidation sites excluding steroid dienone is 1. The van der Waals surface area contributed by atoms with Crippen LogP contribution in [0.15, 0.2) is 35.9 Å². The van der Waals surface area contributed by atoms with Gasteiger partial charge in [0.25, 0.3) is 0 Å². The Hall–Kier alpha value is -1.16. The van der Waals surface area contributed by atoms with Crippen molar-refractivity contribution in [2.45, 2.75) is 45.0 Å². The van der Waals surface area contributed by atoms with Crippen LogP contribution in [-0.4, -0.2) is 18.3 Å². The summed E-state index contributed by atoms with van der Waals surface area (Å²) in [5, 5.41) is 11.3. The normalized spacial score (nSPS) is 31.4. The van der Waals surface area contributed by atoms with E-state index in [-0.39, 0.29) is 0 Å². The highest BCUT2D eigenvalue weighted by Crippen LogP contribution is 2.47. The third kappa shape index (κ3) is 2.24. The molecule has 1 N–H and O–H groups in total. The molecule has 1 aromatic rings. The van der Waals surface area contributed by atoms with Crippen LogP contribution in [0, 0.1) is 5.92 Å². The average molecular weight is 288 g/mol. The number of hydrogen-bond acceptors (Lipinski definition) is 3. The van der Waals surface area contributed by atoms with Crippen LogP contribution in [0.2, 0.25) is 0 Å². The van der Waals surface area contributed by atoms with Crippen molar-refractivity contribution in [3.8, 4) is 0 Å². The van der Waals surface area contributed by atoms with Crippen molar-refractivity contribution in [3.05, 3.63) is 47.0 Å². The maximum Gasteiger partial charge on any atom is 0.195 e. The molecule has 0 amide bonds. The molecule has 1 fully saturated rings. The van der Waals surface area contributed by atoms with E-state index in [0.717, 1.165) is 29.5 Å². The molecule has 1 heterocycles. The van der Waals surface area contributed by atoms with Gasteiger partial charge in [-0.1, -0.05) is 44.2 Å². The van der Waals surface area contributed by atoms with Crippen molar-refractivity contribution >= 4 is 0 Å². The molecule has 0 aromatic heterocycles. The molecule has 1 aliphatic carbocycles. The molecule has 0 radical (unpaired) electrons. The van der Waals surface area contributed by atoms with Gasteiger partial charge in [-0.25, -0.2) is 0 Å². The van der Waals surface area contributed by atoms with Gasteiger partial charge < -0.3 is 14.6 Å². The zero-order valence-corrected chi connectivity index (χ0v) is 13.1. The Labute approximate surface area is 126 Å². The monoisotopic (exact) mass is 288 g/mol. The maximum atomic E-state index is 11.3. The highest BCUT2D eigenvalue weighted by atomic mass is 16.7. The molecule has 3 nitrogen and oxygen atoms in total. The van der Waals surface area contributed by atoms with E-state index in [9.17, 15) is 5.11 Å². The van der Waals surface area contributed by atoms with Crippen LogP contribution in [0.1, 0.15) is 44.7 Å². The molecule has 3 rings (SSSR count). The first kappa shape index (κ1) is 14.8. The van der Waals surface area contributed by atoms with Gasteiger partial charge in [-0.15, -0.1) is 0 Å². The van der Waals surface area contributed by atoms with Gasteiger partial charge in [0.2, 0.25) is 0 Å². The predicted octanol–water partition coefficient (Wildman–Crippen LogP) is 3.47. The first-order valence-corrected chi connectivity index (χ1v) is 7.81. The van der Waals surface area contributed by atoms with E-state index >= 15 is 0 Å². The highest BCUT2D eigenvalue weighted by molar-refractivity contribution is 5.43. The SMILES string of the molecule is CCC1(c2ccccc2C2(O)CC(C)C=C2C)OCCO1. The van der Waals surface area contributed by atoms with E-state index in [1.807, 2.05) is 31.2 Å². The molecule has 1 aromatic carbocycles. The molecule has 0 spiro atoms. The Kier molecular flexibility index (Phi) is 3.68. The van der Waals surface area contributed by atoms with Crippen molar-refractivity contribution in [1.29, 1.82) is 0 Å². The summed E-state index contributed by atoms with van der Waals surface area (Å²) in [6.45, 7) is 7.42. The fourth-order valence-corrected chi connectivity index (χ4v) is 3.75. The van der Waals surface area contributed by atoms with Crippen LogP contribution in [0.25, 0.3) is 0 Å². The zero-order chi connectivity index (χ0) is 15.1. The fraction of sp³-hybridized carbons (Fsp3) is 0.556. The lowest BCUT2D eigenvalue weighted by Crippen LogP contribution is -2.34. The van der Waals surface area contributed by atoms with Crippen LogP contribution in [0.4, 0.5) is 0 Å². The summed E-state index contributed by atoms with van der Waals surface area (Å²) in [6, 6.07) is 8.00. The van der Waals surface area contributed by atoms with E-state index in [0.29, 0.717) is 19.1 Å². The number of aliphatic hydroxyl groups is 1. The summed E-state index contributed by atoms with van der Waals surface area (Å²) < 4.78 is 11.9. The Morgan fingerprint density at radius 1 is 1.19 bits per heavy atom. The van der Waals surface area contributed by atoms with Crippen LogP contribution in [0.5, 0.6) is 0 Å². The fourth-order valence-electron chi connectivity index (χ4n) is 3.75. The van der Waals surface area contributed by atoms with Gasteiger partial charge >= 0.3 is 0 Å². The van der Waals surface area contributed by atoms with Crippen molar-refractivity contribution in [2.75, 3.05) is 13.2 Å². The molecule has 21 heavy (non-hydrogen) atoms. The summed E-state index contributed by atoms with van der Waals surface area (Å²) >= 11 is 0. The van der Waals surface area contributed by atoms with Crippen LogP contribution < -0.4 is 0 Å². The lowest BCUT2D eigenvalue weighted by Gasteiger charge is -2.34. The molecule has 1 saturated heterocycles. The Balaban J connectivity index is 2.11. The second-order valence-corrected chi connectivity index (χ2v) is 6.24. The second kappa shape index (κ2) is 5.24. The highest BCUT2D eigenvalue weighted by Gasteiger charge is 2.45. The van der Waals surface area contributed by atoms with E-state index in [2.05, 4.69) is 19.9 Å². The van der Waals surface area contributed by atoms with E-state index in [1.54, 1.807) is 0 Å². The van der Waals surface area contributed by atoms with Crippen molar-refractivity contribution < 1.29 is 14.6 Å². The third-order valence-corrected chi connectivity index (χ3v) is 4.81. The molecular formula is C18H24O3. The molecule has 2 atom stereocenters. The second-order valence-electron chi connectivity index (χ2n) is 6.24. The standard InChI is InChI=1S/C18H24O3/c1-4-18(20-9-10-21-18)16-8-6-5-7-15(16)17(19)12-13(2)11-14(17)3/h5-8,11,13,19H,4,9-10,12H2,1-3H3. The van der Waals surface area contributed by atoms with Gasteiger partial charge in [-0.05, 0) is 30.4 Å². The van der Waals surface area contributed by atoms with E-state index in [4.69, 9.17) is 9.47 Å². The Morgan fingerprint density at radius 3 is 2.33 bits per heavy atom. The van der Waals surface area contributed by atoms with Gasteiger partial charge in [0.1, 0.15) is 5.60 Å². The topological polar surface area (TPSA) is 38.7 Å². The minimum absolute atomic E-state index is 0.381. The van der Waals surface area contributed by atoms with E-state index in [1.165, 1.54) is 0 Å². The first-order valence-electron chi connectivity index (χ1n) is 7.81. The summed E-state index contributed by atoms with van der Waals surface area (Å²) in [5.74, 6) is -0.329. The Bertz CT molecular complexity index is 557. The Morgan fingerprint density at radius 2 is 1.81 bits per heavy atom. The lowest BCUT2D eigenvalue weighted by atomic mass is 9.81. The van der Waals surface area contributed by atoms with E-state index < -0.39 is 11.4 Å². The molecule has 0 saturated carbocycles. The average Bonchev–Trinajstić information content (AvgIpc) is 3.05. The number of hydrogen-bond donors (Lipinski definition) is 1. The summed E-state index contributed by atoms with van der Waals surface area (Å²) in [7, 11) is 0. The maximum absolute atomic E-state index is 11.3. The number of rotatable bonds is 3. The molecule has 2 aliphatic rings. The third-order valence-electron chi connectivity index (χ3n) is 4.81. The summed E-state index contributed by atoms with van der Waals surface area (Å²) in [6.07, 6.45) is 3.61. The van der Waals surface area contributed by atoms with Crippen molar-refractivity contribution in [2.24, 2.45) is 5.92 Å². The minimum Gasteiger partial charge on any atom is -0.381 e. The first-order chi connectivity index (χ1) is 10.0. The van der Waals surface area contributed by atoms with Crippen LogP contribution in [0.3, 0.4) is 0 Å². The van der Waals surface area contributed by atoms with Gasteiger partial charge in [0.05, 0.1) is 13.2 Å². The summed E-state index contributed by atoms with van der Waals surface area (Å²) in [4.78, 5) is 0. The molecule has 114 valence electrons. The lowest BCUT2D eigenvalue weighted by molar-refractivity contribution is -0.169. The number of ether oxygens (including phenoxy) is 2. The van der Waals surface area contributed by atoms with Crippen LogP contribution in [-0.2, 0) is 20.9 Å². The van der Waals surface area contributed by atoms with Gasteiger partial charge in [0, 0.05) is 12.0 Å². The van der Waals surface area contributed by atoms with Gasteiger partial charge in [0.15, 0.2) is 5.79 Å². The predicted molar refractivity (Wildman–Crippen MR) is 81.7 cm³/mol. The smallest absolute Gasteiger partial charge is 0.195 e. The minimum atomic E-state index is -0.909. The van der Waals surface area contributed by atoms with Gasteiger partial charge in [-0.2, -0.15) is 0 Å². The summed E-state index contributed by atoms with van der Waals surface area (Å²) in [5.41, 5.74) is 2.00. The van der Waals surface area contributed by atoms with Crippen molar-refractivity contribution in [3.63, 3.8) is 0 Å². The molecule has 1 aliphatic heterocycles. The molecular weight excluding hydrogens is 264 g/mol. The number of benzene rings is 1. The van der Waals surface area contributed by atoms with Gasteiger partial charge in [-0.3, -0.25) is 0 Å². The van der Waals surface area contributed by atoms with Crippen LogP contribution >= 0.6 is 0 Å². The molecule has 3 heteroatoms.